The molecule has 0 aliphatic heterocycles. The van der Waals surface area contributed by atoms with Crippen molar-refractivity contribution >= 4 is 41.4 Å². The molecule has 2 aromatic carbocycles. The first-order valence-electron chi connectivity index (χ1n) is 7.16. The van der Waals surface area contributed by atoms with Crippen molar-refractivity contribution in [3.63, 3.8) is 0 Å². The number of amides is 1. The molecule has 2 rings (SSSR count). The van der Waals surface area contributed by atoms with E-state index in [4.69, 9.17) is 11.5 Å². The first kappa shape index (κ1) is 20.6. The second-order valence-electron chi connectivity index (χ2n) is 5.05. The first-order valence-corrected chi connectivity index (χ1v) is 7.16. The van der Waals surface area contributed by atoms with Crippen LogP contribution in [0.2, 0.25) is 0 Å². The van der Waals surface area contributed by atoms with E-state index < -0.39 is 4.92 Å². The molecule has 0 aromatic heterocycles. The number of carbonyl (C=O) groups is 1. The number of benzene rings is 2. The van der Waals surface area contributed by atoms with E-state index in [-0.39, 0.29) is 30.0 Å². The number of anilines is 1. The maximum absolute atomic E-state index is 12.1. The Morgan fingerprint density at radius 2 is 1.54 bits per heavy atom. The third-order valence-electron chi connectivity index (χ3n) is 3.22. The van der Waals surface area contributed by atoms with Gasteiger partial charge in [0, 0.05) is 23.4 Å². The molecule has 0 heterocycles. The molecular weight excluding hydrogens is 360 g/mol. The maximum atomic E-state index is 12.1. The minimum Gasteiger partial charge on any atom is -0.369 e. The molecule has 9 nitrogen and oxygen atoms in total. The number of nitro groups is 1. The highest BCUT2D eigenvalue weighted by Crippen LogP contribution is 2.15. The van der Waals surface area contributed by atoms with Crippen molar-refractivity contribution in [2.45, 2.75) is 6.92 Å². The van der Waals surface area contributed by atoms with Gasteiger partial charge in [-0.15, -0.1) is 17.5 Å². The normalized spacial score (nSPS) is 10.4. The van der Waals surface area contributed by atoms with E-state index >= 15 is 0 Å². The number of nitrogens with one attached hydrogen (secondary N) is 1. The molecule has 0 saturated heterocycles. The van der Waals surface area contributed by atoms with Gasteiger partial charge in [-0.25, -0.2) is 0 Å². The predicted molar refractivity (Wildman–Crippen MR) is 103 cm³/mol. The molecule has 2 aromatic rings. The van der Waals surface area contributed by atoms with Gasteiger partial charge in [-0.3, -0.25) is 14.9 Å². The fourth-order valence-electron chi connectivity index (χ4n) is 1.92. The van der Waals surface area contributed by atoms with Crippen LogP contribution in [0.4, 0.5) is 11.4 Å². The molecule has 5 N–H and O–H groups in total. The number of non-ortho nitro benzene ring substituents is 1. The van der Waals surface area contributed by atoms with Crippen LogP contribution in [-0.2, 0) is 0 Å². The zero-order chi connectivity index (χ0) is 18.4. The summed E-state index contributed by atoms with van der Waals surface area (Å²) in [6.07, 6.45) is 0. The summed E-state index contributed by atoms with van der Waals surface area (Å²) >= 11 is 0. The molecule has 0 fully saturated rings. The van der Waals surface area contributed by atoms with E-state index in [2.05, 4.69) is 15.5 Å². The van der Waals surface area contributed by atoms with Crippen molar-refractivity contribution in [1.82, 2.24) is 0 Å². The van der Waals surface area contributed by atoms with E-state index in [0.29, 0.717) is 17.0 Å². The van der Waals surface area contributed by atoms with Gasteiger partial charge in [0.15, 0.2) is 0 Å². The van der Waals surface area contributed by atoms with Gasteiger partial charge in [0.1, 0.15) is 0 Å². The van der Waals surface area contributed by atoms with E-state index in [9.17, 15) is 14.9 Å². The summed E-state index contributed by atoms with van der Waals surface area (Å²) in [5.74, 6) is -0.500. The topological polar surface area (TPSA) is 149 Å². The van der Waals surface area contributed by atoms with Crippen LogP contribution in [-0.4, -0.2) is 22.5 Å². The highest BCUT2D eigenvalue weighted by atomic mass is 35.5. The lowest BCUT2D eigenvalue weighted by Crippen LogP contribution is -2.22. The van der Waals surface area contributed by atoms with E-state index in [1.807, 2.05) is 0 Å². The summed E-state index contributed by atoms with van der Waals surface area (Å²) in [7, 11) is 0. The van der Waals surface area contributed by atoms with Gasteiger partial charge in [0.2, 0.25) is 5.96 Å². The molecule has 136 valence electrons. The maximum Gasteiger partial charge on any atom is 0.269 e. The Balaban J connectivity index is 0.00000338. The van der Waals surface area contributed by atoms with Crippen LogP contribution in [0.1, 0.15) is 22.8 Å². The lowest BCUT2D eigenvalue weighted by atomic mass is 10.1. The fourth-order valence-corrected chi connectivity index (χ4v) is 1.92. The van der Waals surface area contributed by atoms with Crippen LogP contribution in [0.25, 0.3) is 0 Å². The van der Waals surface area contributed by atoms with Gasteiger partial charge in [0.05, 0.1) is 10.6 Å². The Kier molecular flexibility index (Phi) is 7.23. The van der Waals surface area contributed by atoms with E-state index in [1.165, 1.54) is 24.3 Å². The van der Waals surface area contributed by atoms with Gasteiger partial charge < -0.3 is 16.8 Å². The summed E-state index contributed by atoms with van der Waals surface area (Å²) in [5, 5.41) is 20.8. The fraction of sp³-hybridized carbons (Fsp3) is 0.0625. The highest BCUT2D eigenvalue weighted by Gasteiger charge is 2.09. The molecule has 0 aliphatic carbocycles. The van der Waals surface area contributed by atoms with E-state index in [0.717, 1.165) is 5.56 Å². The van der Waals surface area contributed by atoms with Gasteiger partial charge in [-0.2, -0.15) is 5.10 Å². The zero-order valence-electron chi connectivity index (χ0n) is 13.7. The standard InChI is InChI=1S/C16H16N6O3.ClH/c1-10(20-21-16(17)18)11-2-6-13(7-3-11)19-15(23)12-4-8-14(9-5-12)22(24)25;/h2-9H,1H3,(H,19,23)(H4,17,18,21);1H/b20-10+;. The molecule has 0 unspecified atom stereocenters. The van der Waals surface area contributed by atoms with Crippen molar-refractivity contribution < 1.29 is 9.72 Å². The quantitative estimate of drug-likeness (QED) is 0.316. The lowest BCUT2D eigenvalue weighted by Gasteiger charge is -2.06. The number of halogens is 1. The number of guanidine groups is 1. The number of carbonyl (C=O) groups excluding carboxylic acids is 1. The summed E-state index contributed by atoms with van der Waals surface area (Å²) < 4.78 is 0. The minimum atomic E-state index is -0.521. The average Bonchev–Trinajstić information content (AvgIpc) is 2.60. The molecular formula is C16H17ClN6O3. The molecule has 0 bridgehead atoms. The number of nitrogens with two attached hydrogens (primary N) is 2. The second kappa shape index (κ2) is 9.14. The molecule has 0 radical (unpaired) electrons. The molecule has 10 heteroatoms. The monoisotopic (exact) mass is 376 g/mol. The Morgan fingerprint density at radius 1 is 1.00 bits per heavy atom. The lowest BCUT2D eigenvalue weighted by molar-refractivity contribution is -0.384. The van der Waals surface area contributed by atoms with Crippen LogP contribution < -0.4 is 16.8 Å². The minimum absolute atomic E-state index is 0. The molecule has 0 aliphatic rings. The van der Waals surface area contributed by atoms with Crippen molar-refractivity contribution in [2.24, 2.45) is 21.7 Å². The number of hydrogen-bond acceptors (Lipinski definition) is 5. The molecule has 0 spiro atoms. The first-order chi connectivity index (χ1) is 11.9. The van der Waals surface area contributed by atoms with Crippen LogP contribution in [0.15, 0.2) is 58.7 Å². The summed E-state index contributed by atoms with van der Waals surface area (Å²) in [6.45, 7) is 1.75. The van der Waals surface area contributed by atoms with Crippen molar-refractivity contribution in [3.05, 3.63) is 69.8 Å². The Labute approximate surface area is 155 Å². The Bertz CT molecular complexity index is 843. The van der Waals surface area contributed by atoms with Crippen LogP contribution in [0.3, 0.4) is 0 Å². The van der Waals surface area contributed by atoms with Gasteiger partial charge in [-0.1, -0.05) is 12.1 Å². The summed E-state index contributed by atoms with van der Waals surface area (Å²) in [4.78, 5) is 22.2. The average molecular weight is 377 g/mol. The highest BCUT2D eigenvalue weighted by molar-refractivity contribution is 6.05. The largest absolute Gasteiger partial charge is 0.369 e. The zero-order valence-corrected chi connectivity index (χ0v) is 14.6. The van der Waals surface area contributed by atoms with Crippen molar-refractivity contribution in [1.29, 1.82) is 0 Å². The second-order valence-corrected chi connectivity index (χ2v) is 5.05. The van der Waals surface area contributed by atoms with Crippen LogP contribution in [0.5, 0.6) is 0 Å². The summed E-state index contributed by atoms with van der Waals surface area (Å²) in [5.41, 5.74) is 12.7. The van der Waals surface area contributed by atoms with E-state index in [1.54, 1.807) is 31.2 Å². The number of hydrogen-bond donors (Lipinski definition) is 3. The van der Waals surface area contributed by atoms with Gasteiger partial charge in [0.25, 0.3) is 11.6 Å². The summed E-state index contributed by atoms with van der Waals surface area (Å²) in [6, 6.07) is 12.3. The van der Waals surface area contributed by atoms with Crippen molar-refractivity contribution in [2.75, 3.05) is 5.32 Å². The number of rotatable bonds is 5. The number of nitro benzene ring substituents is 1. The molecule has 1 amide bonds. The van der Waals surface area contributed by atoms with Crippen LogP contribution >= 0.6 is 12.4 Å². The molecule has 0 atom stereocenters. The van der Waals surface area contributed by atoms with Gasteiger partial charge >= 0.3 is 0 Å². The number of nitrogens with zero attached hydrogens (tertiary/aromatic N) is 3. The van der Waals surface area contributed by atoms with Crippen molar-refractivity contribution in [3.8, 4) is 0 Å². The van der Waals surface area contributed by atoms with Crippen LogP contribution in [0, 0.1) is 10.1 Å². The smallest absolute Gasteiger partial charge is 0.269 e. The third kappa shape index (κ3) is 5.56. The third-order valence-corrected chi connectivity index (χ3v) is 3.22. The Hall–Kier alpha value is -3.46. The Morgan fingerprint density at radius 3 is 2.04 bits per heavy atom. The molecule has 0 saturated carbocycles. The SMILES string of the molecule is C/C(=N\N=C(N)N)c1ccc(NC(=O)c2ccc([N+](=O)[O-])cc2)cc1.Cl. The molecule has 26 heavy (non-hydrogen) atoms. The predicted octanol–water partition coefficient (Wildman–Crippen LogP) is 2.27. The van der Waals surface area contributed by atoms with Gasteiger partial charge in [-0.05, 0) is 36.8 Å².